The SMILES string of the molecule is CS(=O)(=O)NCCCCNc1nc(Nc2ccc3c(c2)CC(=O)N3)ncc1C(F)(F)F. The highest BCUT2D eigenvalue weighted by Gasteiger charge is 2.35. The van der Waals surface area contributed by atoms with Gasteiger partial charge in [-0.15, -0.1) is 0 Å². The lowest BCUT2D eigenvalue weighted by Crippen LogP contribution is -2.23. The van der Waals surface area contributed by atoms with E-state index in [1.807, 2.05) is 0 Å². The van der Waals surface area contributed by atoms with Crippen LogP contribution in [0.1, 0.15) is 24.0 Å². The first-order chi connectivity index (χ1) is 14.5. The van der Waals surface area contributed by atoms with Crippen LogP contribution in [-0.4, -0.2) is 43.6 Å². The number of hydrogen-bond donors (Lipinski definition) is 4. The van der Waals surface area contributed by atoms with Crippen LogP contribution in [0.25, 0.3) is 0 Å². The maximum Gasteiger partial charge on any atom is 0.421 e. The molecule has 0 aliphatic carbocycles. The molecule has 168 valence electrons. The zero-order valence-corrected chi connectivity index (χ0v) is 17.3. The fraction of sp³-hybridized carbons (Fsp3) is 0.389. The average molecular weight is 458 g/mol. The van der Waals surface area contributed by atoms with Crippen molar-refractivity contribution in [3.63, 3.8) is 0 Å². The van der Waals surface area contributed by atoms with Crippen LogP contribution in [0.3, 0.4) is 0 Å². The Labute approximate surface area is 176 Å². The van der Waals surface area contributed by atoms with E-state index in [2.05, 4.69) is 30.6 Å². The van der Waals surface area contributed by atoms with Crippen molar-refractivity contribution in [1.29, 1.82) is 0 Å². The monoisotopic (exact) mass is 458 g/mol. The minimum atomic E-state index is -4.64. The molecule has 2 aromatic rings. The number of hydrogen-bond acceptors (Lipinski definition) is 7. The van der Waals surface area contributed by atoms with E-state index in [0.717, 1.165) is 11.8 Å². The van der Waals surface area contributed by atoms with Crippen molar-refractivity contribution >= 4 is 39.1 Å². The fourth-order valence-corrected chi connectivity index (χ4v) is 3.45. The molecule has 0 unspecified atom stereocenters. The van der Waals surface area contributed by atoms with Gasteiger partial charge >= 0.3 is 6.18 Å². The van der Waals surface area contributed by atoms with Gasteiger partial charge in [0.05, 0.1) is 12.7 Å². The molecule has 9 nitrogen and oxygen atoms in total. The smallest absolute Gasteiger partial charge is 0.369 e. The molecule has 0 bridgehead atoms. The summed E-state index contributed by atoms with van der Waals surface area (Å²) in [4.78, 5) is 19.2. The van der Waals surface area contributed by atoms with Crippen molar-refractivity contribution in [3.8, 4) is 0 Å². The van der Waals surface area contributed by atoms with Crippen LogP contribution in [0.5, 0.6) is 0 Å². The number of halogens is 3. The number of amides is 1. The number of sulfonamides is 1. The van der Waals surface area contributed by atoms with Crippen LogP contribution in [-0.2, 0) is 27.4 Å². The Morgan fingerprint density at radius 3 is 2.65 bits per heavy atom. The minimum Gasteiger partial charge on any atom is -0.369 e. The molecule has 0 radical (unpaired) electrons. The lowest BCUT2D eigenvalue weighted by molar-refractivity contribution is -0.137. The van der Waals surface area contributed by atoms with Gasteiger partial charge in [-0.1, -0.05) is 0 Å². The van der Waals surface area contributed by atoms with Gasteiger partial charge in [0.25, 0.3) is 0 Å². The quantitative estimate of drug-likeness (QED) is 0.426. The lowest BCUT2D eigenvalue weighted by atomic mass is 10.1. The predicted molar refractivity (Wildman–Crippen MR) is 110 cm³/mol. The summed E-state index contributed by atoms with van der Waals surface area (Å²) in [6.07, 6.45) is -1.82. The zero-order chi connectivity index (χ0) is 22.6. The molecule has 1 aliphatic heterocycles. The summed E-state index contributed by atoms with van der Waals surface area (Å²) in [5.41, 5.74) is 0.989. The Balaban J connectivity index is 1.67. The summed E-state index contributed by atoms with van der Waals surface area (Å²) in [5, 5.41) is 8.19. The van der Waals surface area contributed by atoms with Gasteiger partial charge in [0.1, 0.15) is 11.4 Å². The lowest BCUT2D eigenvalue weighted by Gasteiger charge is -2.15. The van der Waals surface area contributed by atoms with E-state index in [9.17, 15) is 26.4 Å². The molecule has 1 aromatic carbocycles. The highest BCUT2D eigenvalue weighted by atomic mass is 32.2. The van der Waals surface area contributed by atoms with Crippen molar-refractivity contribution in [2.45, 2.75) is 25.4 Å². The van der Waals surface area contributed by atoms with Gasteiger partial charge in [0.15, 0.2) is 0 Å². The van der Waals surface area contributed by atoms with Gasteiger partial charge in [-0.2, -0.15) is 18.2 Å². The van der Waals surface area contributed by atoms with Crippen molar-refractivity contribution in [2.24, 2.45) is 0 Å². The Morgan fingerprint density at radius 2 is 1.94 bits per heavy atom. The minimum absolute atomic E-state index is 0.0357. The highest BCUT2D eigenvalue weighted by Crippen LogP contribution is 2.34. The number of aromatic nitrogens is 2. The van der Waals surface area contributed by atoms with Crippen LogP contribution in [0.2, 0.25) is 0 Å². The van der Waals surface area contributed by atoms with E-state index in [4.69, 9.17) is 0 Å². The second-order valence-corrected chi connectivity index (χ2v) is 8.81. The maximum atomic E-state index is 13.3. The summed E-state index contributed by atoms with van der Waals surface area (Å²) in [6, 6.07) is 5.06. The molecule has 0 saturated carbocycles. The number of carbonyl (C=O) groups is 1. The first-order valence-corrected chi connectivity index (χ1v) is 11.2. The molecular formula is C18H21F3N6O3S. The van der Waals surface area contributed by atoms with E-state index < -0.39 is 21.8 Å². The molecule has 2 heterocycles. The second kappa shape index (κ2) is 9.06. The fourth-order valence-electron chi connectivity index (χ4n) is 2.93. The topological polar surface area (TPSA) is 125 Å². The Bertz CT molecular complexity index is 1080. The van der Waals surface area contributed by atoms with Crippen LogP contribution in [0, 0.1) is 0 Å². The summed E-state index contributed by atoms with van der Waals surface area (Å²) in [7, 11) is -3.30. The Hall–Kier alpha value is -2.93. The van der Waals surface area contributed by atoms with E-state index >= 15 is 0 Å². The van der Waals surface area contributed by atoms with E-state index in [1.165, 1.54) is 0 Å². The summed E-state index contributed by atoms with van der Waals surface area (Å²) in [5.74, 6) is -0.540. The van der Waals surface area contributed by atoms with Gasteiger partial charge in [0.2, 0.25) is 21.9 Å². The molecule has 0 atom stereocenters. The van der Waals surface area contributed by atoms with Gasteiger partial charge < -0.3 is 16.0 Å². The molecule has 1 amide bonds. The Morgan fingerprint density at radius 1 is 1.19 bits per heavy atom. The molecule has 1 aliphatic rings. The largest absolute Gasteiger partial charge is 0.421 e. The van der Waals surface area contributed by atoms with Crippen molar-refractivity contribution < 1.29 is 26.4 Å². The number of nitrogens with zero attached hydrogens (tertiary/aromatic N) is 2. The van der Waals surface area contributed by atoms with Gasteiger partial charge in [0, 0.05) is 30.7 Å². The number of nitrogens with one attached hydrogen (secondary N) is 4. The number of fused-ring (bicyclic) bond motifs is 1. The standard InChI is InChI=1S/C18H21F3N6O3S/c1-31(29,30)24-7-3-2-6-22-16-13(18(19,20)21)10-23-17(27-16)25-12-4-5-14-11(8-12)9-15(28)26-14/h4-5,8,10,24H,2-3,6-7,9H2,1H3,(H,26,28)(H2,22,23,25,27). The number of unbranched alkanes of at least 4 members (excludes halogenated alkanes) is 1. The van der Waals surface area contributed by atoms with Crippen molar-refractivity contribution in [1.82, 2.24) is 14.7 Å². The number of carbonyl (C=O) groups excluding carboxylic acids is 1. The molecule has 1 aromatic heterocycles. The summed E-state index contributed by atoms with van der Waals surface area (Å²) in [6.45, 7) is 0.358. The zero-order valence-electron chi connectivity index (χ0n) is 16.5. The highest BCUT2D eigenvalue weighted by molar-refractivity contribution is 7.88. The third-order valence-electron chi connectivity index (χ3n) is 4.34. The predicted octanol–water partition coefficient (Wildman–Crippen LogP) is 2.47. The third-order valence-corrected chi connectivity index (χ3v) is 5.07. The second-order valence-electron chi connectivity index (χ2n) is 6.98. The molecule has 31 heavy (non-hydrogen) atoms. The van der Waals surface area contributed by atoms with E-state index in [-0.39, 0.29) is 37.2 Å². The average Bonchev–Trinajstić information content (AvgIpc) is 3.02. The molecule has 4 N–H and O–H groups in total. The van der Waals surface area contributed by atoms with E-state index in [1.54, 1.807) is 18.2 Å². The normalized spacial score (nSPS) is 13.6. The van der Waals surface area contributed by atoms with Crippen LogP contribution >= 0.6 is 0 Å². The molecule has 0 fully saturated rings. The first-order valence-electron chi connectivity index (χ1n) is 9.34. The molecule has 0 saturated heterocycles. The van der Waals surface area contributed by atoms with Crippen LogP contribution in [0.4, 0.5) is 36.3 Å². The Kier molecular flexibility index (Phi) is 6.65. The summed E-state index contributed by atoms with van der Waals surface area (Å²) >= 11 is 0. The van der Waals surface area contributed by atoms with Gasteiger partial charge in [-0.25, -0.2) is 18.1 Å². The van der Waals surface area contributed by atoms with Gasteiger partial charge in [-0.05, 0) is 36.6 Å². The molecule has 13 heteroatoms. The number of alkyl halides is 3. The summed E-state index contributed by atoms with van der Waals surface area (Å²) < 4.78 is 64.2. The first kappa shape index (κ1) is 22.7. The van der Waals surface area contributed by atoms with E-state index in [0.29, 0.717) is 30.4 Å². The third kappa shape index (κ3) is 6.52. The van der Waals surface area contributed by atoms with Crippen molar-refractivity contribution in [2.75, 3.05) is 35.3 Å². The number of anilines is 4. The molecule has 3 rings (SSSR count). The van der Waals surface area contributed by atoms with Crippen LogP contribution < -0.4 is 20.7 Å². The molecule has 0 spiro atoms. The van der Waals surface area contributed by atoms with Crippen molar-refractivity contribution in [3.05, 3.63) is 35.5 Å². The molecular weight excluding hydrogens is 437 g/mol. The van der Waals surface area contributed by atoms with Gasteiger partial charge in [-0.3, -0.25) is 4.79 Å². The number of rotatable bonds is 9. The van der Waals surface area contributed by atoms with Crippen LogP contribution in [0.15, 0.2) is 24.4 Å². The number of benzene rings is 1. The maximum absolute atomic E-state index is 13.3.